The largest absolute Gasteiger partial charge is 0.501 e. The Bertz CT molecular complexity index is 925. The van der Waals surface area contributed by atoms with Gasteiger partial charge in [0.15, 0.2) is 0 Å². The number of aliphatic imine (C=N–C) groups is 1. The Morgan fingerprint density at radius 2 is 1.94 bits per heavy atom. The van der Waals surface area contributed by atoms with E-state index in [2.05, 4.69) is 4.99 Å². The second-order valence-corrected chi connectivity index (χ2v) is 9.12. The summed E-state index contributed by atoms with van der Waals surface area (Å²) in [6, 6.07) is 0. The van der Waals surface area contributed by atoms with Crippen LogP contribution in [0.5, 0.6) is 0 Å². The number of amidine groups is 1. The summed E-state index contributed by atoms with van der Waals surface area (Å²) in [6.07, 6.45) is -3.48. The van der Waals surface area contributed by atoms with Crippen molar-refractivity contribution < 1.29 is 27.4 Å². The number of methoxy groups -OCH3 is 1. The number of hydrogen-bond acceptors (Lipinski definition) is 5. The van der Waals surface area contributed by atoms with Crippen LogP contribution in [0.3, 0.4) is 0 Å². The van der Waals surface area contributed by atoms with E-state index in [-0.39, 0.29) is 23.4 Å². The van der Waals surface area contributed by atoms with Crippen LogP contribution >= 0.6 is 11.3 Å². The van der Waals surface area contributed by atoms with Crippen molar-refractivity contribution in [2.75, 3.05) is 13.7 Å². The molecule has 0 spiro atoms. The van der Waals surface area contributed by atoms with E-state index in [1.165, 1.54) is 32.3 Å². The number of nitrogens with zero attached hydrogens (tertiary/aromatic N) is 2. The summed E-state index contributed by atoms with van der Waals surface area (Å²) >= 11 is 1.43. The second kappa shape index (κ2) is 9.33. The number of halogens is 3. The Morgan fingerprint density at radius 1 is 1.29 bits per heavy atom. The zero-order valence-corrected chi connectivity index (χ0v) is 19.3. The van der Waals surface area contributed by atoms with Crippen molar-refractivity contribution in [3.8, 4) is 0 Å². The average molecular weight is 460 g/mol. The lowest BCUT2D eigenvalue weighted by atomic mass is 10.0. The summed E-state index contributed by atoms with van der Waals surface area (Å²) in [5.74, 6) is -0.121. The Hall–Kier alpha value is -2.49. The molecule has 0 aliphatic carbocycles. The lowest BCUT2D eigenvalue weighted by Crippen LogP contribution is -2.39. The van der Waals surface area contributed by atoms with E-state index in [4.69, 9.17) is 15.2 Å². The number of carbonyl (C=O) groups is 1. The fourth-order valence-corrected chi connectivity index (χ4v) is 4.12. The summed E-state index contributed by atoms with van der Waals surface area (Å²) in [5, 5.41) is 1.82. The van der Waals surface area contributed by atoms with E-state index in [9.17, 15) is 18.0 Å². The third-order valence-electron chi connectivity index (χ3n) is 4.52. The highest BCUT2D eigenvalue weighted by Gasteiger charge is 2.35. The van der Waals surface area contributed by atoms with Crippen LogP contribution in [0.2, 0.25) is 0 Å². The van der Waals surface area contributed by atoms with Gasteiger partial charge < -0.3 is 20.1 Å². The molecule has 31 heavy (non-hydrogen) atoms. The molecule has 2 heterocycles. The van der Waals surface area contributed by atoms with Gasteiger partial charge in [0.1, 0.15) is 17.2 Å². The maximum atomic E-state index is 13.3. The Kier molecular flexibility index (Phi) is 7.46. The average Bonchev–Trinajstić information content (AvgIpc) is 3.06. The SMILES string of the molecule is CO/C(C)=C(/C=C(\C)N=C(N)c1csc2c1CCN(C(=O)OC(C)(C)C)C2)C(F)(F)F. The fourth-order valence-electron chi connectivity index (χ4n) is 3.01. The third-order valence-corrected chi connectivity index (χ3v) is 5.53. The normalized spacial score (nSPS) is 16.6. The van der Waals surface area contributed by atoms with Crippen LogP contribution in [0.4, 0.5) is 18.0 Å². The molecule has 0 saturated heterocycles. The summed E-state index contributed by atoms with van der Waals surface area (Å²) in [6.45, 7) is 8.97. The number of alkyl halides is 3. The van der Waals surface area contributed by atoms with Crippen LogP contribution in [0.15, 0.2) is 33.5 Å². The molecule has 0 bridgehead atoms. The Labute approximate surface area is 184 Å². The molecule has 1 aromatic rings. The number of fused-ring (bicyclic) bond motifs is 1. The van der Waals surface area contributed by atoms with Gasteiger partial charge in [-0.2, -0.15) is 13.2 Å². The van der Waals surface area contributed by atoms with Gasteiger partial charge in [-0.05, 0) is 52.7 Å². The summed E-state index contributed by atoms with van der Waals surface area (Å²) in [4.78, 5) is 19.1. The van der Waals surface area contributed by atoms with E-state index in [0.29, 0.717) is 25.1 Å². The Morgan fingerprint density at radius 3 is 2.48 bits per heavy atom. The van der Waals surface area contributed by atoms with Gasteiger partial charge in [-0.15, -0.1) is 11.3 Å². The van der Waals surface area contributed by atoms with Crippen molar-refractivity contribution in [2.45, 2.75) is 59.4 Å². The first-order valence-corrected chi connectivity index (χ1v) is 10.5. The smallest absolute Gasteiger partial charge is 0.419 e. The first kappa shape index (κ1) is 24.8. The van der Waals surface area contributed by atoms with Crippen LogP contribution in [0.25, 0.3) is 0 Å². The number of allylic oxidation sites excluding steroid dienone is 4. The molecule has 0 saturated carbocycles. The highest BCUT2D eigenvalue weighted by Crippen LogP contribution is 2.32. The highest BCUT2D eigenvalue weighted by molar-refractivity contribution is 7.10. The predicted octanol–water partition coefficient (Wildman–Crippen LogP) is 5.13. The van der Waals surface area contributed by atoms with E-state index in [1.54, 1.807) is 4.90 Å². The van der Waals surface area contributed by atoms with E-state index < -0.39 is 17.4 Å². The lowest BCUT2D eigenvalue weighted by Gasteiger charge is -2.30. The van der Waals surface area contributed by atoms with Gasteiger partial charge in [0.05, 0.1) is 19.2 Å². The second-order valence-electron chi connectivity index (χ2n) is 8.16. The Balaban J connectivity index is 2.25. The molecule has 0 aromatic carbocycles. The molecule has 2 rings (SSSR count). The van der Waals surface area contributed by atoms with E-state index >= 15 is 0 Å². The monoisotopic (exact) mass is 459 g/mol. The lowest BCUT2D eigenvalue weighted by molar-refractivity contribution is -0.0913. The van der Waals surface area contributed by atoms with Crippen LogP contribution < -0.4 is 5.73 Å². The molecule has 1 aliphatic heterocycles. The number of nitrogens with two attached hydrogens (primary N) is 1. The number of thiophene rings is 1. The maximum absolute atomic E-state index is 13.3. The highest BCUT2D eigenvalue weighted by atomic mass is 32.1. The molecular weight excluding hydrogens is 431 g/mol. The summed E-state index contributed by atoms with van der Waals surface area (Å²) in [7, 11) is 1.18. The minimum Gasteiger partial charge on any atom is -0.501 e. The predicted molar refractivity (Wildman–Crippen MR) is 115 cm³/mol. The number of carbonyl (C=O) groups excluding carboxylic acids is 1. The zero-order chi connectivity index (χ0) is 23.6. The molecule has 1 aromatic heterocycles. The first-order chi connectivity index (χ1) is 14.2. The zero-order valence-electron chi connectivity index (χ0n) is 18.5. The number of hydrogen-bond donors (Lipinski definition) is 1. The fraction of sp³-hybridized carbons (Fsp3) is 0.524. The van der Waals surface area contributed by atoms with Crippen molar-refractivity contribution in [3.63, 3.8) is 0 Å². The van der Waals surface area contributed by atoms with Crippen molar-refractivity contribution in [2.24, 2.45) is 10.7 Å². The molecule has 10 heteroatoms. The van der Waals surface area contributed by atoms with Crippen molar-refractivity contribution >= 4 is 23.3 Å². The molecule has 2 N–H and O–H groups in total. The molecule has 1 amide bonds. The van der Waals surface area contributed by atoms with Gasteiger partial charge in [-0.25, -0.2) is 9.79 Å². The van der Waals surface area contributed by atoms with Crippen molar-refractivity contribution in [3.05, 3.63) is 44.5 Å². The summed E-state index contributed by atoms with van der Waals surface area (Å²) < 4.78 is 49.9. The van der Waals surface area contributed by atoms with Crippen LogP contribution in [-0.2, 0) is 22.4 Å². The van der Waals surface area contributed by atoms with Gasteiger partial charge in [-0.3, -0.25) is 0 Å². The van der Waals surface area contributed by atoms with E-state index in [0.717, 1.165) is 16.5 Å². The molecular formula is C21H28F3N3O3S. The quantitative estimate of drug-likeness (QED) is 0.293. The molecule has 0 fully saturated rings. The molecule has 1 aliphatic rings. The minimum absolute atomic E-state index is 0.104. The van der Waals surface area contributed by atoms with Gasteiger partial charge in [0.25, 0.3) is 0 Å². The topological polar surface area (TPSA) is 77.2 Å². The number of amides is 1. The van der Waals surface area contributed by atoms with Crippen LogP contribution in [0.1, 0.15) is 50.6 Å². The van der Waals surface area contributed by atoms with Gasteiger partial charge in [-0.1, -0.05) is 0 Å². The third kappa shape index (κ3) is 6.49. The van der Waals surface area contributed by atoms with Crippen molar-refractivity contribution in [1.82, 2.24) is 4.90 Å². The molecule has 6 nitrogen and oxygen atoms in total. The van der Waals surface area contributed by atoms with Gasteiger partial charge >= 0.3 is 12.3 Å². The minimum atomic E-state index is -4.57. The van der Waals surface area contributed by atoms with Gasteiger partial charge in [0.2, 0.25) is 0 Å². The summed E-state index contributed by atoms with van der Waals surface area (Å²) in [5.41, 5.74) is 6.36. The molecule has 172 valence electrons. The van der Waals surface area contributed by atoms with Crippen LogP contribution in [-0.4, -0.2) is 42.3 Å². The molecule has 0 radical (unpaired) electrons. The molecule has 0 atom stereocenters. The first-order valence-electron chi connectivity index (χ1n) is 9.65. The molecule has 0 unspecified atom stereocenters. The van der Waals surface area contributed by atoms with Gasteiger partial charge in [0, 0.05) is 28.1 Å². The number of rotatable bonds is 4. The van der Waals surface area contributed by atoms with Crippen LogP contribution in [0, 0.1) is 0 Å². The standard InChI is InChI=1S/C21H28F3N3O3S/c1-12(9-16(13(2)29-6)21(22,23)24)26-18(25)15-11-31-17-10-27(8-7-14(15)17)19(28)30-20(3,4)5/h9,11H,7-8,10H2,1-6H3,(H2,25,26)/b12-9+,16-13-. The van der Waals surface area contributed by atoms with Crippen molar-refractivity contribution in [1.29, 1.82) is 0 Å². The number of ether oxygens (including phenoxy) is 2. The van der Waals surface area contributed by atoms with E-state index in [1.807, 2.05) is 26.2 Å². The maximum Gasteiger partial charge on any atom is 0.419 e.